The maximum absolute atomic E-state index is 13.8. The highest BCUT2D eigenvalue weighted by Gasteiger charge is 2.33. The number of nitrogens with zero attached hydrogens (tertiary/aromatic N) is 2. The Morgan fingerprint density at radius 2 is 1.85 bits per heavy atom. The van der Waals surface area contributed by atoms with E-state index in [1.807, 2.05) is 46.2 Å². The zero-order valence-corrected chi connectivity index (χ0v) is 24.6. The van der Waals surface area contributed by atoms with Gasteiger partial charge in [-0.15, -0.1) is 0 Å². The molecule has 2 aromatic rings. The zero-order chi connectivity index (χ0) is 28.8. The molecule has 2 heterocycles. The van der Waals surface area contributed by atoms with Gasteiger partial charge in [0.05, 0.1) is 33.8 Å². The van der Waals surface area contributed by atoms with Crippen molar-refractivity contribution in [3.63, 3.8) is 0 Å². The van der Waals surface area contributed by atoms with Crippen LogP contribution in [0.4, 0.5) is 10.5 Å². The minimum absolute atomic E-state index is 0.00901. The molecule has 1 aliphatic carbocycles. The highest BCUT2D eigenvalue weighted by Crippen LogP contribution is 2.36. The lowest BCUT2D eigenvalue weighted by molar-refractivity contribution is -0.121. The first-order valence-electron chi connectivity index (χ1n) is 15.0. The monoisotopic (exact) mass is 564 g/mol. The molecule has 3 amide bonds. The summed E-state index contributed by atoms with van der Waals surface area (Å²) in [6, 6.07) is 11.8. The average molecular weight is 565 g/mol. The summed E-state index contributed by atoms with van der Waals surface area (Å²) in [5.41, 5.74) is 2.60. The number of carbonyl (C=O) groups excluding carboxylic acids is 2. The first-order valence-corrected chi connectivity index (χ1v) is 15.0. The molecule has 9 heteroatoms. The van der Waals surface area contributed by atoms with Gasteiger partial charge in [-0.25, -0.2) is 4.79 Å². The summed E-state index contributed by atoms with van der Waals surface area (Å²) in [6.45, 7) is 5.53. The molecule has 3 aliphatic rings. The van der Waals surface area contributed by atoms with Crippen LogP contribution in [0, 0.1) is 5.92 Å². The number of ether oxygens (including phenoxy) is 3. The Hall–Kier alpha value is -3.46. The molecule has 0 bridgehead atoms. The topological polar surface area (TPSA) is 92.4 Å². The van der Waals surface area contributed by atoms with Crippen LogP contribution in [0.2, 0.25) is 0 Å². The number of hydrogen-bond acceptors (Lipinski definition) is 6. The predicted molar refractivity (Wildman–Crippen MR) is 159 cm³/mol. The summed E-state index contributed by atoms with van der Waals surface area (Å²) in [7, 11) is 3.27. The van der Waals surface area contributed by atoms with Crippen molar-refractivity contribution >= 4 is 17.6 Å². The summed E-state index contributed by atoms with van der Waals surface area (Å²) in [5.74, 6) is 2.91. The van der Waals surface area contributed by atoms with E-state index in [1.165, 1.54) is 19.3 Å². The lowest BCUT2D eigenvalue weighted by Crippen LogP contribution is -2.53. The van der Waals surface area contributed by atoms with Crippen molar-refractivity contribution in [3.8, 4) is 17.2 Å². The van der Waals surface area contributed by atoms with Gasteiger partial charge in [0, 0.05) is 42.5 Å². The van der Waals surface area contributed by atoms with E-state index >= 15 is 0 Å². The van der Waals surface area contributed by atoms with Gasteiger partial charge >= 0.3 is 6.03 Å². The molecule has 0 unspecified atom stereocenters. The van der Waals surface area contributed by atoms with E-state index in [-0.39, 0.29) is 24.0 Å². The van der Waals surface area contributed by atoms with Gasteiger partial charge in [-0.2, -0.15) is 0 Å². The molecule has 2 aliphatic heterocycles. The second-order valence-corrected chi connectivity index (χ2v) is 11.5. The molecule has 2 atom stereocenters. The second-order valence-electron chi connectivity index (χ2n) is 11.5. The highest BCUT2D eigenvalue weighted by atomic mass is 16.5. The Morgan fingerprint density at radius 3 is 2.59 bits per heavy atom. The van der Waals surface area contributed by atoms with Gasteiger partial charge in [0.2, 0.25) is 5.91 Å². The molecule has 0 radical (unpaired) electrons. The summed E-state index contributed by atoms with van der Waals surface area (Å²) >= 11 is 0. The lowest BCUT2D eigenvalue weighted by Gasteiger charge is -2.40. The van der Waals surface area contributed by atoms with Gasteiger partial charge in [-0.3, -0.25) is 9.69 Å². The minimum Gasteiger partial charge on any atom is -0.496 e. The molecular formula is C32H44N4O5. The van der Waals surface area contributed by atoms with E-state index in [1.54, 1.807) is 14.2 Å². The largest absolute Gasteiger partial charge is 0.496 e. The highest BCUT2D eigenvalue weighted by molar-refractivity contribution is 5.93. The van der Waals surface area contributed by atoms with Gasteiger partial charge in [-0.05, 0) is 68.8 Å². The Kier molecular flexibility index (Phi) is 9.54. The number of carbonyl (C=O) groups is 2. The fourth-order valence-electron chi connectivity index (χ4n) is 5.74. The molecule has 3 fully saturated rings. The average Bonchev–Trinajstić information content (AvgIpc) is 3.66. The van der Waals surface area contributed by atoms with Crippen molar-refractivity contribution in [2.45, 2.75) is 70.5 Å². The van der Waals surface area contributed by atoms with Gasteiger partial charge in [-0.1, -0.05) is 25.0 Å². The standard InChI is InChI=1S/C32H44N4O5/c1-22-13-15-35(27-10-11-28(39-2)30(19-27)41-16-4-5-23-6-7-23)32(38)36(22)21-25-9-8-24(17-29(25)40-3)18-31(37)34-26-12-14-33-20-26/h8-11,17,19,22-23,26,33H,4-7,12-16,18,20-21H2,1-3H3,(H,34,37)/t22-,26-/m0/s1. The molecule has 0 aromatic heterocycles. The van der Waals surface area contributed by atoms with Crippen molar-refractivity contribution in [1.29, 1.82) is 0 Å². The van der Waals surface area contributed by atoms with E-state index < -0.39 is 0 Å². The molecule has 2 saturated heterocycles. The number of rotatable bonds is 13. The molecule has 2 N–H and O–H groups in total. The summed E-state index contributed by atoms with van der Waals surface area (Å²) in [4.78, 5) is 30.1. The van der Waals surface area contributed by atoms with Crippen molar-refractivity contribution in [1.82, 2.24) is 15.5 Å². The fourth-order valence-corrected chi connectivity index (χ4v) is 5.74. The zero-order valence-electron chi connectivity index (χ0n) is 24.6. The van der Waals surface area contributed by atoms with Gasteiger partial charge < -0.3 is 29.7 Å². The van der Waals surface area contributed by atoms with Crippen molar-refractivity contribution in [3.05, 3.63) is 47.5 Å². The SMILES string of the molecule is COc1cc(CC(=O)N[C@H]2CCNC2)ccc1CN1C(=O)N(c2ccc(OC)c(OCCCC3CC3)c2)CC[C@@H]1C. The first-order chi connectivity index (χ1) is 19.9. The van der Waals surface area contributed by atoms with Crippen molar-refractivity contribution < 1.29 is 23.8 Å². The van der Waals surface area contributed by atoms with E-state index in [2.05, 4.69) is 17.6 Å². The predicted octanol–water partition coefficient (Wildman–Crippen LogP) is 4.51. The molecule has 222 valence electrons. The lowest BCUT2D eigenvalue weighted by atomic mass is 10.0. The van der Waals surface area contributed by atoms with Crippen molar-refractivity contribution in [2.24, 2.45) is 5.92 Å². The number of nitrogens with one attached hydrogen (secondary N) is 2. The minimum atomic E-state index is -0.0516. The van der Waals surface area contributed by atoms with Gasteiger partial charge in [0.1, 0.15) is 5.75 Å². The van der Waals surface area contributed by atoms with Gasteiger partial charge in [0.25, 0.3) is 0 Å². The molecule has 5 rings (SSSR count). The van der Waals surface area contributed by atoms with Gasteiger partial charge in [0.15, 0.2) is 11.5 Å². The molecule has 41 heavy (non-hydrogen) atoms. The molecule has 1 saturated carbocycles. The Labute approximate surface area is 243 Å². The van der Waals surface area contributed by atoms with Crippen LogP contribution in [0.25, 0.3) is 0 Å². The summed E-state index contributed by atoms with van der Waals surface area (Å²) < 4.78 is 17.3. The summed E-state index contributed by atoms with van der Waals surface area (Å²) in [6.07, 6.45) is 7.00. The number of hydrogen-bond donors (Lipinski definition) is 2. The number of methoxy groups -OCH3 is 2. The Bertz CT molecular complexity index is 1210. The van der Waals surface area contributed by atoms with E-state index in [4.69, 9.17) is 14.2 Å². The van der Waals surface area contributed by atoms with Crippen molar-refractivity contribution in [2.75, 3.05) is 45.4 Å². The van der Waals surface area contributed by atoms with Crippen LogP contribution in [-0.2, 0) is 17.8 Å². The number of anilines is 1. The molecule has 2 aromatic carbocycles. The third-order valence-corrected chi connectivity index (χ3v) is 8.43. The first kappa shape index (κ1) is 29.0. The normalized spacial score (nSPS) is 20.7. The number of amides is 3. The smallest absolute Gasteiger partial charge is 0.325 e. The second kappa shape index (κ2) is 13.5. The van der Waals surface area contributed by atoms with Crippen LogP contribution in [0.15, 0.2) is 36.4 Å². The Morgan fingerprint density at radius 1 is 1.02 bits per heavy atom. The fraction of sp³-hybridized carbons (Fsp3) is 0.562. The molecular weight excluding hydrogens is 520 g/mol. The van der Waals surface area contributed by atoms with Crippen LogP contribution in [0.1, 0.15) is 56.6 Å². The van der Waals surface area contributed by atoms with E-state index in [0.717, 1.165) is 55.1 Å². The maximum atomic E-state index is 13.8. The van der Waals surface area contributed by atoms with Crippen LogP contribution in [0.5, 0.6) is 17.2 Å². The van der Waals surface area contributed by atoms with Crippen LogP contribution in [-0.4, -0.2) is 69.4 Å². The maximum Gasteiger partial charge on any atom is 0.325 e. The Balaban J connectivity index is 1.25. The van der Waals surface area contributed by atoms with Crippen LogP contribution < -0.4 is 29.7 Å². The third-order valence-electron chi connectivity index (χ3n) is 8.43. The number of benzene rings is 2. The molecule has 9 nitrogen and oxygen atoms in total. The van der Waals surface area contributed by atoms with E-state index in [9.17, 15) is 9.59 Å². The molecule has 0 spiro atoms. The van der Waals surface area contributed by atoms with Crippen LogP contribution >= 0.6 is 0 Å². The third kappa shape index (κ3) is 7.44. The number of urea groups is 1. The quantitative estimate of drug-likeness (QED) is 0.348. The van der Waals surface area contributed by atoms with E-state index in [0.29, 0.717) is 43.4 Å². The summed E-state index contributed by atoms with van der Waals surface area (Å²) in [5, 5.41) is 6.36. The van der Waals surface area contributed by atoms with Crippen LogP contribution in [0.3, 0.4) is 0 Å².